The average molecular weight is 778 g/mol. The van der Waals surface area contributed by atoms with Crippen LogP contribution in [0.3, 0.4) is 0 Å². The standard InChI is InChI=1S/C50H56N6.ClH/c1-35(2)47-49-43(41-23-13-15-25-45(41)55(49)33-37-19-9-7-10-20-37)29-39(53-47)31-51-27-17-5-6-18-28-52-32-40-30-44-42-24-14-16-26-46(42)56(34-38-21-11-8-12-22-38)50(44)48(54-40)36(3)4;/h7-16,19-26,29-30,35-36,51-52H,5-6,17-18,27-28,31-34H2,1-4H3;1H. The molecule has 0 unspecified atom stereocenters. The number of unbranched alkanes of at least 4 members (excludes halogenated alkanes) is 3. The summed E-state index contributed by atoms with van der Waals surface area (Å²) in [5.41, 5.74) is 12.3. The van der Waals surface area contributed by atoms with E-state index in [-0.39, 0.29) is 12.4 Å². The zero-order valence-electron chi connectivity index (χ0n) is 34.0. The van der Waals surface area contributed by atoms with Crippen LogP contribution in [0.15, 0.2) is 121 Å². The third-order valence-corrected chi connectivity index (χ3v) is 11.2. The fourth-order valence-corrected chi connectivity index (χ4v) is 8.45. The number of fused-ring (bicyclic) bond motifs is 6. The van der Waals surface area contributed by atoms with Gasteiger partial charge in [0.1, 0.15) is 0 Å². The van der Waals surface area contributed by atoms with Crippen LogP contribution in [0, 0.1) is 0 Å². The van der Waals surface area contributed by atoms with Gasteiger partial charge < -0.3 is 19.8 Å². The van der Waals surface area contributed by atoms with E-state index in [0.717, 1.165) is 50.7 Å². The van der Waals surface area contributed by atoms with Crippen molar-refractivity contribution in [3.63, 3.8) is 0 Å². The Morgan fingerprint density at radius 2 is 0.860 bits per heavy atom. The molecule has 4 heterocycles. The second-order valence-corrected chi connectivity index (χ2v) is 16.0. The lowest BCUT2D eigenvalue weighted by molar-refractivity contribution is 0.558. The van der Waals surface area contributed by atoms with Gasteiger partial charge in [0.2, 0.25) is 0 Å². The second-order valence-electron chi connectivity index (χ2n) is 16.0. The van der Waals surface area contributed by atoms with Crippen LogP contribution in [0.4, 0.5) is 0 Å². The topological polar surface area (TPSA) is 59.7 Å². The van der Waals surface area contributed by atoms with Crippen LogP contribution in [0.5, 0.6) is 0 Å². The first-order valence-corrected chi connectivity index (χ1v) is 20.8. The van der Waals surface area contributed by atoms with E-state index in [4.69, 9.17) is 9.97 Å². The predicted molar refractivity (Wildman–Crippen MR) is 243 cm³/mol. The quantitative estimate of drug-likeness (QED) is 0.0904. The van der Waals surface area contributed by atoms with Crippen LogP contribution in [-0.2, 0) is 26.2 Å². The summed E-state index contributed by atoms with van der Waals surface area (Å²) in [6.45, 7) is 14.3. The molecule has 0 aliphatic rings. The molecule has 8 rings (SSSR count). The van der Waals surface area contributed by atoms with Crippen LogP contribution in [0.2, 0.25) is 0 Å². The molecule has 0 atom stereocenters. The van der Waals surface area contributed by atoms with Gasteiger partial charge in [0, 0.05) is 58.8 Å². The molecule has 0 bridgehead atoms. The summed E-state index contributed by atoms with van der Waals surface area (Å²) in [7, 11) is 0. The van der Waals surface area contributed by atoms with Gasteiger partial charge in [-0.1, -0.05) is 138 Å². The molecule has 4 aromatic heterocycles. The minimum Gasteiger partial charge on any atom is -0.334 e. The highest BCUT2D eigenvalue weighted by atomic mass is 35.5. The Hall–Kier alpha value is -5.01. The summed E-state index contributed by atoms with van der Waals surface area (Å²) in [4.78, 5) is 10.5. The highest BCUT2D eigenvalue weighted by Crippen LogP contribution is 2.36. The number of para-hydroxylation sites is 2. The monoisotopic (exact) mass is 776 g/mol. The first-order valence-electron chi connectivity index (χ1n) is 20.8. The Morgan fingerprint density at radius 3 is 1.26 bits per heavy atom. The molecule has 7 heteroatoms. The molecule has 57 heavy (non-hydrogen) atoms. The smallest absolute Gasteiger partial charge is 0.0716 e. The van der Waals surface area contributed by atoms with Crippen molar-refractivity contribution in [2.75, 3.05) is 13.1 Å². The van der Waals surface area contributed by atoms with Gasteiger partial charge in [-0.2, -0.15) is 0 Å². The number of nitrogens with zero attached hydrogens (tertiary/aromatic N) is 4. The van der Waals surface area contributed by atoms with Crippen molar-refractivity contribution in [1.29, 1.82) is 0 Å². The van der Waals surface area contributed by atoms with Gasteiger partial charge in [-0.25, -0.2) is 0 Å². The molecule has 0 radical (unpaired) electrons. The maximum absolute atomic E-state index is 5.26. The van der Waals surface area contributed by atoms with Crippen molar-refractivity contribution < 1.29 is 0 Å². The molecule has 6 nitrogen and oxygen atoms in total. The summed E-state index contributed by atoms with van der Waals surface area (Å²) >= 11 is 0. The number of nitrogens with one attached hydrogen (secondary N) is 2. The van der Waals surface area contributed by atoms with Crippen molar-refractivity contribution in [3.05, 3.63) is 155 Å². The number of hydrogen-bond acceptors (Lipinski definition) is 4. The molecular formula is C50H57ClN6. The lowest BCUT2D eigenvalue weighted by Crippen LogP contribution is -2.17. The molecule has 8 aromatic rings. The number of halogens is 1. The normalized spacial score (nSPS) is 11.8. The van der Waals surface area contributed by atoms with Crippen LogP contribution in [0.1, 0.15) is 99.1 Å². The molecule has 294 valence electrons. The fourth-order valence-electron chi connectivity index (χ4n) is 8.45. The molecule has 0 amide bonds. The molecular weight excluding hydrogens is 720 g/mol. The number of hydrogen-bond donors (Lipinski definition) is 2. The van der Waals surface area contributed by atoms with E-state index in [1.807, 2.05) is 0 Å². The van der Waals surface area contributed by atoms with Crippen molar-refractivity contribution in [1.82, 2.24) is 29.7 Å². The third kappa shape index (κ3) is 8.79. The van der Waals surface area contributed by atoms with Crippen LogP contribution in [-0.4, -0.2) is 32.2 Å². The minimum atomic E-state index is 0. The van der Waals surface area contributed by atoms with E-state index in [9.17, 15) is 0 Å². The molecule has 0 spiro atoms. The van der Waals surface area contributed by atoms with Crippen LogP contribution >= 0.6 is 12.4 Å². The van der Waals surface area contributed by atoms with Gasteiger partial charge in [0.05, 0.1) is 33.8 Å². The Balaban J connectivity index is 0.00000496. The van der Waals surface area contributed by atoms with E-state index in [1.165, 1.54) is 91.8 Å². The first-order chi connectivity index (χ1) is 27.5. The Bertz CT molecular complexity index is 2370. The van der Waals surface area contributed by atoms with Gasteiger partial charge in [-0.15, -0.1) is 12.4 Å². The molecule has 2 N–H and O–H groups in total. The molecule has 4 aromatic carbocycles. The Labute approximate surface area is 344 Å². The maximum Gasteiger partial charge on any atom is 0.0716 e. The number of rotatable bonds is 17. The largest absolute Gasteiger partial charge is 0.334 e. The highest BCUT2D eigenvalue weighted by Gasteiger charge is 2.20. The zero-order chi connectivity index (χ0) is 38.4. The highest BCUT2D eigenvalue weighted by molar-refractivity contribution is 6.10. The van der Waals surface area contributed by atoms with E-state index >= 15 is 0 Å². The van der Waals surface area contributed by atoms with Gasteiger partial charge in [-0.05, 0) is 73.2 Å². The SMILES string of the molecule is CC(C)c1nc(CNCCCCCCNCc2cc3c4ccccc4n(Cc4ccccc4)c3c(C(C)C)n2)cc2c3ccccc3n(Cc3ccccc3)c12.Cl. The van der Waals surface area contributed by atoms with Crippen LogP contribution < -0.4 is 10.6 Å². The van der Waals surface area contributed by atoms with E-state index in [0.29, 0.717) is 11.8 Å². The van der Waals surface area contributed by atoms with Gasteiger partial charge in [-0.3, -0.25) is 9.97 Å². The van der Waals surface area contributed by atoms with Crippen LogP contribution in [0.25, 0.3) is 43.6 Å². The van der Waals surface area contributed by atoms with Gasteiger partial charge >= 0.3 is 0 Å². The summed E-state index contributed by atoms with van der Waals surface area (Å²) in [6, 6.07) is 43.8. The third-order valence-electron chi connectivity index (χ3n) is 11.2. The zero-order valence-corrected chi connectivity index (χ0v) is 34.8. The number of aromatic nitrogens is 4. The summed E-state index contributed by atoms with van der Waals surface area (Å²) in [5.74, 6) is 0.653. The van der Waals surface area contributed by atoms with Crippen molar-refractivity contribution >= 4 is 56.0 Å². The lowest BCUT2D eigenvalue weighted by Gasteiger charge is -2.15. The van der Waals surface area contributed by atoms with E-state index in [1.54, 1.807) is 0 Å². The van der Waals surface area contributed by atoms with E-state index < -0.39 is 0 Å². The lowest BCUT2D eigenvalue weighted by atomic mass is 10.0. The predicted octanol–water partition coefficient (Wildman–Crippen LogP) is 11.9. The fraction of sp³-hybridized carbons (Fsp3) is 0.320. The maximum atomic E-state index is 5.26. The summed E-state index contributed by atoms with van der Waals surface area (Å²) in [5, 5.41) is 12.7. The summed E-state index contributed by atoms with van der Waals surface area (Å²) in [6.07, 6.45) is 4.76. The van der Waals surface area contributed by atoms with Gasteiger partial charge in [0.25, 0.3) is 0 Å². The summed E-state index contributed by atoms with van der Waals surface area (Å²) < 4.78 is 4.94. The average Bonchev–Trinajstić information content (AvgIpc) is 3.70. The molecule has 0 fully saturated rings. The molecule has 0 aliphatic carbocycles. The molecule has 0 saturated heterocycles. The molecule has 0 saturated carbocycles. The van der Waals surface area contributed by atoms with Gasteiger partial charge in [0.15, 0.2) is 0 Å². The van der Waals surface area contributed by atoms with E-state index in [2.05, 4.69) is 169 Å². The minimum absolute atomic E-state index is 0. The number of pyridine rings is 2. The Morgan fingerprint density at radius 1 is 0.474 bits per heavy atom. The van der Waals surface area contributed by atoms with Crippen molar-refractivity contribution in [2.24, 2.45) is 0 Å². The molecule has 0 aliphatic heterocycles. The number of benzene rings is 4. The first kappa shape index (κ1) is 40.2. The van der Waals surface area contributed by atoms with Crippen molar-refractivity contribution in [2.45, 2.75) is 91.4 Å². The second kappa shape index (κ2) is 18.5. The van der Waals surface area contributed by atoms with Crippen molar-refractivity contribution in [3.8, 4) is 0 Å². The Kier molecular flexibility index (Phi) is 13.0.